The lowest BCUT2D eigenvalue weighted by Gasteiger charge is -2.20. The van der Waals surface area contributed by atoms with E-state index < -0.39 is 12.0 Å². The van der Waals surface area contributed by atoms with Gasteiger partial charge in [0.1, 0.15) is 17.5 Å². The zero-order valence-electron chi connectivity index (χ0n) is 19.5. The van der Waals surface area contributed by atoms with Gasteiger partial charge >= 0.3 is 0 Å². The van der Waals surface area contributed by atoms with Crippen molar-refractivity contribution in [3.05, 3.63) is 42.0 Å². The second-order valence-corrected chi connectivity index (χ2v) is 8.84. The third-order valence-electron chi connectivity index (χ3n) is 6.77. The van der Waals surface area contributed by atoms with E-state index in [-0.39, 0.29) is 36.6 Å². The minimum Gasteiger partial charge on any atom is -0.497 e. The molecule has 3 heterocycles. The number of rotatable bonds is 5. The van der Waals surface area contributed by atoms with Crippen molar-refractivity contribution in [1.29, 1.82) is 0 Å². The standard InChI is InChI=1S/C25H26N4O6/c1-34-16-6-8-19(21(12-16)35-2)29-13-14(10-22(29)30)23(31)26-15-5-7-18-17(11-15)25(33)28-9-3-4-20(28)24(32)27-18/h5-8,11-12,14,20H,3-4,9-10,13H2,1-2H3,(H,26,31)(H,27,32)/t14-,20+/m0/s1. The SMILES string of the molecule is COc1ccc(N2C[C@@H](C(=O)Nc3ccc4c(c3)C(=O)N3CCC[C@@H]3C(=O)N4)CC2=O)c(OC)c1. The molecule has 2 saturated heterocycles. The number of hydrogen-bond acceptors (Lipinski definition) is 6. The molecule has 182 valence electrons. The Kier molecular flexibility index (Phi) is 5.80. The normalized spacial score (nSPS) is 21.3. The molecule has 35 heavy (non-hydrogen) atoms. The predicted molar refractivity (Wildman–Crippen MR) is 128 cm³/mol. The van der Waals surface area contributed by atoms with E-state index in [0.717, 1.165) is 6.42 Å². The van der Waals surface area contributed by atoms with Gasteiger partial charge in [-0.2, -0.15) is 0 Å². The van der Waals surface area contributed by atoms with Crippen molar-refractivity contribution in [3.8, 4) is 11.5 Å². The zero-order valence-corrected chi connectivity index (χ0v) is 19.5. The number of carbonyl (C=O) groups is 4. The Hall–Kier alpha value is -4.08. The first-order valence-corrected chi connectivity index (χ1v) is 11.5. The smallest absolute Gasteiger partial charge is 0.256 e. The van der Waals surface area contributed by atoms with E-state index in [4.69, 9.17) is 9.47 Å². The molecule has 2 atom stereocenters. The van der Waals surface area contributed by atoms with Gasteiger partial charge < -0.3 is 29.9 Å². The fourth-order valence-corrected chi connectivity index (χ4v) is 4.93. The fourth-order valence-electron chi connectivity index (χ4n) is 4.93. The summed E-state index contributed by atoms with van der Waals surface area (Å²) in [5.74, 6) is -0.431. The Morgan fingerprint density at radius 1 is 1.09 bits per heavy atom. The molecule has 0 radical (unpaired) electrons. The minimum atomic E-state index is -0.577. The summed E-state index contributed by atoms with van der Waals surface area (Å²) in [6, 6.07) is 9.53. The van der Waals surface area contributed by atoms with Crippen LogP contribution in [0, 0.1) is 5.92 Å². The lowest BCUT2D eigenvalue weighted by molar-refractivity contribution is -0.122. The quantitative estimate of drug-likeness (QED) is 0.681. The van der Waals surface area contributed by atoms with Crippen LogP contribution in [0.25, 0.3) is 0 Å². The van der Waals surface area contributed by atoms with Crippen molar-refractivity contribution in [1.82, 2.24) is 4.90 Å². The van der Waals surface area contributed by atoms with Crippen molar-refractivity contribution in [3.63, 3.8) is 0 Å². The van der Waals surface area contributed by atoms with E-state index in [1.165, 1.54) is 12.0 Å². The van der Waals surface area contributed by atoms with Crippen LogP contribution in [-0.4, -0.2) is 61.9 Å². The molecule has 0 saturated carbocycles. The first-order valence-electron chi connectivity index (χ1n) is 11.5. The number of ether oxygens (including phenoxy) is 2. The van der Waals surface area contributed by atoms with Gasteiger partial charge in [0.2, 0.25) is 17.7 Å². The molecule has 0 aliphatic carbocycles. The minimum absolute atomic E-state index is 0.0520. The monoisotopic (exact) mass is 478 g/mol. The van der Waals surface area contributed by atoms with Crippen LogP contribution < -0.4 is 25.0 Å². The summed E-state index contributed by atoms with van der Waals surface area (Å²) in [6.07, 6.45) is 1.47. The molecule has 0 unspecified atom stereocenters. The third kappa shape index (κ3) is 4.05. The molecule has 3 aliphatic heterocycles. The maximum Gasteiger partial charge on any atom is 0.256 e. The number of anilines is 3. The molecule has 0 aromatic heterocycles. The number of hydrogen-bond donors (Lipinski definition) is 2. The highest BCUT2D eigenvalue weighted by Crippen LogP contribution is 2.36. The molecule has 2 fully saturated rings. The van der Waals surface area contributed by atoms with Crippen molar-refractivity contribution in [2.45, 2.75) is 25.3 Å². The fraction of sp³-hybridized carbons (Fsp3) is 0.360. The van der Waals surface area contributed by atoms with E-state index in [2.05, 4.69) is 10.6 Å². The van der Waals surface area contributed by atoms with E-state index in [1.54, 1.807) is 48.4 Å². The summed E-state index contributed by atoms with van der Waals surface area (Å²) in [5, 5.41) is 5.66. The molecule has 2 aromatic carbocycles. The number of fused-ring (bicyclic) bond motifs is 2. The van der Waals surface area contributed by atoms with Crippen LogP contribution in [0.4, 0.5) is 17.1 Å². The molecule has 10 nitrogen and oxygen atoms in total. The third-order valence-corrected chi connectivity index (χ3v) is 6.77. The Bertz CT molecular complexity index is 1230. The van der Waals surface area contributed by atoms with Gasteiger partial charge in [0.25, 0.3) is 5.91 Å². The van der Waals surface area contributed by atoms with Gasteiger partial charge in [-0.1, -0.05) is 0 Å². The molecule has 2 N–H and O–H groups in total. The van der Waals surface area contributed by atoms with Gasteiger partial charge in [-0.3, -0.25) is 19.2 Å². The van der Waals surface area contributed by atoms with Gasteiger partial charge in [0.05, 0.1) is 37.1 Å². The number of methoxy groups -OCH3 is 2. The largest absolute Gasteiger partial charge is 0.497 e. The van der Waals surface area contributed by atoms with Crippen LogP contribution in [0.1, 0.15) is 29.6 Å². The molecule has 2 aromatic rings. The van der Waals surface area contributed by atoms with Crippen LogP contribution in [0.3, 0.4) is 0 Å². The van der Waals surface area contributed by atoms with Crippen LogP contribution >= 0.6 is 0 Å². The average molecular weight is 479 g/mol. The predicted octanol–water partition coefficient (Wildman–Crippen LogP) is 2.25. The van der Waals surface area contributed by atoms with Crippen molar-refractivity contribution < 1.29 is 28.7 Å². The Morgan fingerprint density at radius 2 is 1.91 bits per heavy atom. The number of nitrogens with zero attached hydrogens (tertiary/aromatic N) is 2. The van der Waals surface area contributed by atoms with Crippen LogP contribution in [0.2, 0.25) is 0 Å². The summed E-state index contributed by atoms with van der Waals surface area (Å²) in [4.78, 5) is 54.4. The Labute approximate surface area is 202 Å². The highest BCUT2D eigenvalue weighted by Gasteiger charge is 2.39. The van der Waals surface area contributed by atoms with Crippen LogP contribution in [0.5, 0.6) is 11.5 Å². The maximum atomic E-state index is 13.1. The zero-order chi connectivity index (χ0) is 24.7. The molecular weight excluding hydrogens is 452 g/mol. The van der Waals surface area contributed by atoms with E-state index in [1.807, 2.05) is 0 Å². The van der Waals surface area contributed by atoms with Gasteiger partial charge in [-0.05, 0) is 43.2 Å². The molecule has 5 rings (SSSR count). The molecule has 4 amide bonds. The summed E-state index contributed by atoms with van der Waals surface area (Å²) >= 11 is 0. The molecule has 0 spiro atoms. The second kappa shape index (κ2) is 8.94. The summed E-state index contributed by atoms with van der Waals surface area (Å²) in [6.45, 7) is 0.727. The number of benzene rings is 2. The van der Waals surface area contributed by atoms with Gasteiger partial charge in [-0.25, -0.2) is 0 Å². The van der Waals surface area contributed by atoms with Gasteiger partial charge in [-0.15, -0.1) is 0 Å². The highest BCUT2D eigenvalue weighted by atomic mass is 16.5. The van der Waals surface area contributed by atoms with Crippen molar-refractivity contribution >= 4 is 40.7 Å². The lowest BCUT2D eigenvalue weighted by atomic mass is 10.1. The summed E-state index contributed by atoms with van der Waals surface area (Å²) < 4.78 is 10.6. The Balaban J connectivity index is 1.32. The molecular formula is C25H26N4O6. The van der Waals surface area contributed by atoms with E-state index >= 15 is 0 Å². The van der Waals surface area contributed by atoms with Crippen molar-refractivity contribution in [2.75, 3.05) is 42.8 Å². The van der Waals surface area contributed by atoms with E-state index in [9.17, 15) is 19.2 Å². The lowest BCUT2D eigenvalue weighted by Crippen LogP contribution is -2.40. The molecule has 3 aliphatic rings. The van der Waals surface area contributed by atoms with Crippen molar-refractivity contribution in [2.24, 2.45) is 5.92 Å². The Morgan fingerprint density at radius 3 is 2.69 bits per heavy atom. The summed E-state index contributed by atoms with van der Waals surface area (Å²) in [7, 11) is 3.05. The second-order valence-electron chi connectivity index (χ2n) is 8.84. The van der Waals surface area contributed by atoms with Crippen LogP contribution in [0.15, 0.2) is 36.4 Å². The average Bonchev–Trinajstić information content (AvgIpc) is 3.49. The van der Waals surface area contributed by atoms with Gasteiger partial charge in [0.15, 0.2) is 0 Å². The number of amides is 4. The van der Waals surface area contributed by atoms with E-state index in [0.29, 0.717) is 47.1 Å². The first kappa shape index (κ1) is 22.7. The topological polar surface area (TPSA) is 117 Å². The number of nitrogens with one attached hydrogen (secondary N) is 2. The molecule has 10 heteroatoms. The van der Waals surface area contributed by atoms with Crippen LogP contribution in [-0.2, 0) is 14.4 Å². The number of carbonyl (C=O) groups excluding carboxylic acids is 4. The maximum absolute atomic E-state index is 13.1. The first-order chi connectivity index (χ1) is 16.9. The highest BCUT2D eigenvalue weighted by molar-refractivity contribution is 6.11. The molecule has 0 bridgehead atoms. The summed E-state index contributed by atoms with van der Waals surface area (Å²) in [5.41, 5.74) is 1.77. The van der Waals surface area contributed by atoms with Gasteiger partial charge in [0, 0.05) is 31.3 Å².